The first-order valence-corrected chi connectivity index (χ1v) is 10.9. The summed E-state index contributed by atoms with van der Waals surface area (Å²) in [5.41, 5.74) is 0.130. The molecule has 0 spiro atoms. The van der Waals surface area contributed by atoms with Crippen molar-refractivity contribution in [3.63, 3.8) is 0 Å². The quantitative estimate of drug-likeness (QED) is 0.354. The minimum Gasteiger partial charge on any atom is -0.484 e. The largest absolute Gasteiger partial charge is 0.484 e. The molecule has 0 saturated heterocycles. The lowest BCUT2D eigenvalue weighted by Crippen LogP contribution is -2.47. The van der Waals surface area contributed by atoms with Gasteiger partial charge < -0.3 is 14.2 Å². The average molecular weight is 560 g/mol. The van der Waals surface area contributed by atoms with Gasteiger partial charge in [0.25, 0.3) is 5.91 Å². The van der Waals surface area contributed by atoms with E-state index < -0.39 is 5.54 Å². The van der Waals surface area contributed by atoms with Gasteiger partial charge in [-0.1, -0.05) is 28.4 Å². The van der Waals surface area contributed by atoms with Crippen LogP contribution in [0.15, 0.2) is 47.0 Å². The van der Waals surface area contributed by atoms with E-state index in [2.05, 4.69) is 32.7 Å². The fourth-order valence-electron chi connectivity index (χ4n) is 2.69. The lowest BCUT2D eigenvalue weighted by molar-refractivity contribution is -0.139. The number of halogens is 3. The van der Waals surface area contributed by atoms with E-state index in [1.807, 2.05) is 45.0 Å². The van der Waals surface area contributed by atoms with Crippen LogP contribution in [0.3, 0.4) is 0 Å². The van der Waals surface area contributed by atoms with Crippen LogP contribution < -0.4 is 4.74 Å². The molecule has 30 heavy (non-hydrogen) atoms. The Hall–Kier alpha value is -1.84. The third-order valence-electron chi connectivity index (χ3n) is 4.22. The van der Waals surface area contributed by atoms with Crippen molar-refractivity contribution >= 4 is 51.7 Å². The molecule has 0 aliphatic rings. The number of benzene rings is 2. The molecular formula is C21H20Cl2IN3O3. The van der Waals surface area contributed by atoms with Crippen molar-refractivity contribution in [3.8, 4) is 17.1 Å². The summed E-state index contributed by atoms with van der Waals surface area (Å²) in [6.45, 7) is 5.85. The number of hydrogen-bond acceptors (Lipinski definition) is 5. The van der Waals surface area contributed by atoms with Crippen molar-refractivity contribution in [1.29, 1.82) is 0 Å². The molecule has 2 aromatic carbocycles. The molecule has 9 heteroatoms. The number of carbonyl (C=O) groups is 1. The van der Waals surface area contributed by atoms with Crippen molar-refractivity contribution in [1.82, 2.24) is 15.0 Å². The van der Waals surface area contributed by atoms with Crippen LogP contribution in [-0.2, 0) is 11.3 Å². The van der Waals surface area contributed by atoms with Crippen molar-refractivity contribution in [2.45, 2.75) is 32.9 Å². The van der Waals surface area contributed by atoms with Crippen molar-refractivity contribution < 1.29 is 14.1 Å². The Labute approximate surface area is 198 Å². The van der Waals surface area contributed by atoms with Crippen LogP contribution in [0.1, 0.15) is 26.7 Å². The SMILES string of the molecule is CC(C)(C)N(Cc1nc(-c2ccc(Cl)cc2Cl)no1)C(=O)COc1ccc(I)cc1. The number of ether oxygens (including phenoxy) is 1. The summed E-state index contributed by atoms with van der Waals surface area (Å²) in [5, 5.41) is 4.93. The van der Waals surface area contributed by atoms with Gasteiger partial charge in [-0.2, -0.15) is 4.98 Å². The number of rotatable bonds is 6. The smallest absolute Gasteiger partial charge is 0.261 e. The molecule has 0 radical (unpaired) electrons. The third-order valence-corrected chi connectivity index (χ3v) is 5.49. The number of nitrogens with zero attached hydrogens (tertiary/aromatic N) is 3. The highest BCUT2D eigenvalue weighted by Crippen LogP contribution is 2.29. The number of carbonyl (C=O) groups excluding carboxylic acids is 1. The molecular weight excluding hydrogens is 540 g/mol. The van der Waals surface area contributed by atoms with E-state index in [0.717, 1.165) is 3.57 Å². The van der Waals surface area contributed by atoms with Crippen LogP contribution in [0.25, 0.3) is 11.4 Å². The summed E-state index contributed by atoms with van der Waals surface area (Å²) in [6.07, 6.45) is 0. The van der Waals surface area contributed by atoms with E-state index in [9.17, 15) is 4.79 Å². The van der Waals surface area contributed by atoms with Crippen LogP contribution in [0, 0.1) is 3.57 Å². The molecule has 0 atom stereocenters. The topological polar surface area (TPSA) is 68.5 Å². The molecule has 1 amide bonds. The van der Waals surface area contributed by atoms with Gasteiger partial charge in [-0.05, 0) is 85.8 Å². The summed E-state index contributed by atoms with van der Waals surface area (Å²) in [6, 6.07) is 12.5. The molecule has 3 rings (SSSR count). The Kier molecular flexibility index (Phi) is 7.26. The van der Waals surface area contributed by atoms with Crippen LogP contribution in [0.4, 0.5) is 0 Å². The number of aromatic nitrogens is 2. The van der Waals surface area contributed by atoms with Crippen LogP contribution in [0.2, 0.25) is 10.0 Å². The Morgan fingerprint density at radius 3 is 2.50 bits per heavy atom. The van der Waals surface area contributed by atoms with E-state index >= 15 is 0 Å². The average Bonchev–Trinajstić information content (AvgIpc) is 3.13. The van der Waals surface area contributed by atoms with Gasteiger partial charge in [0.05, 0.1) is 5.02 Å². The van der Waals surface area contributed by atoms with Crippen molar-refractivity contribution in [2.24, 2.45) is 0 Å². The molecule has 1 heterocycles. The van der Waals surface area contributed by atoms with E-state index in [1.165, 1.54) is 0 Å². The van der Waals surface area contributed by atoms with Gasteiger partial charge in [0.15, 0.2) is 6.61 Å². The first-order chi connectivity index (χ1) is 14.1. The van der Waals surface area contributed by atoms with Gasteiger partial charge in [0, 0.05) is 19.7 Å². The van der Waals surface area contributed by atoms with Gasteiger partial charge >= 0.3 is 0 Å². The highest BCUT2D eigenvalue weighted by molar-refractivity contribution is 14.1. The maximum atomic E-state index is 12.9. The molecule has 0 N–H and O–H groups in total. The van der Waals surface area contributed by atoms with E-state index in [0.29, 0.717) is 33.1 Å². The first kappa shape index (κ1) is 22.8. The maximum Gasteiger partial charge on any atom is 0.261 e. The Balaban J connectivity index is 1.73. The van der Waals surface area contributed by atoms with Crippen molar-refractivity contribution in [3.05, 3.63) is 62.0 Å². The molecule has 0 saturated carbocycles. The first-order valence-electron chi connectivity index (χ1n) is 9.10. The van der Waals surface area contributed by atoms with Crippen molar-refractivity contribution in [2.75, 3.05) is 6.61 Å². The van der Waals surface area contributed by atoms with Gasteiger partial charge in [0.1, 0.15) is 12.3 Å². The van der Waals surface area contributed by atoms with Gasteiger partial charge in [-0.15, -0.1) is 0 Å². The monoisotopic (exact) mass is 559 g/mol. The molecule has 0 fully saturated rings. The zero-order valence-corrected chi connectivity index (χ0v) is 20.3. The highest BCUT2D eigenvalue weighted by Gasteiger charge is 2.29. The van der Waals surface area contributed by atoms with Gasteiger partial charge in [-0.25, -0.2) is 0 Å². The molecule has 0 aliphatic heterocycles. The van der Waals surface area contributed by atoms with Crippen LogP contribution in [0.5, 0.6) is 5.75 Å². The second-order valence-electron chi connectivity index (χ2n) is 7.53. The fourth-order valence-corrected chi connectivity index (χ4v) is 3.54. The maximum absolute atomic E-state index is 12.9. The fraction of sp³-hybridized carbons (Fsp3) is 0.286. The third kappa shape index (κ3) is 5.86. The van der Waals surface area contributed by atoms with E-state index in [-0.39, 0.29) is 19.1 Å². The zero-order chi connectivity index (χ0) is 21.9. The lowest BCUT2D eigenvalue weighted by atomic mass is 10.1. The van der Waals surface area contributed by atoms with E-state index in [4.69, 9.17) is 32.5 Å². The summed E-state index contributed by atoms with van der Waals surface area (Å²) >= 11 is 14.4. The summed E-state index contributed by atoms with van der Waals surface area (Å²) < 4.78 is 12.1. The predicted molar refractivity (Wildman–Crippen MR) is 125 cm³/mol. The summed E-state index contributed by atoms with van der Waals surface area (Å²) in [7, 11) is 0. The Morgan fingerprint density at radius 1 is 1.17 bits per heavy atom. The normalized spacial score (nSPS) is 11.4. The van der Waals surface area contributed by atoms with E-state index in [1.54, 1.807) is 23.1 Å². The summed E-state index contributed by atoms with van der Waals surface area (Å²) in [5.74, 6) is 1.08. The van der Waals surface area contributed by atoms with Crippen LogP contribution >= 0.6 is 45.8 Å². The number of amides is 1. The Morgan fingerprint density at radius 2 is 1.87 bits per heavy atom. The molecule has 6 nitrogen and oxygen atoms in total. The second kappa shape index (κ2) is 9.53. The molecule has 158 valence electrons. The Bertz CT molecular complexity index is 1030. The van der Waals surface area contributed by atoms with Crippen LogP contribution in [-0.4, -0.2) is 33.1 Å². The molecule has 1 aromatic heterocycles. The number of hydrogen-bond donors (Lipinski definition) is 0. The highest BCUT2D eigenvalue weighted by atomic mass is 127. The molecule has 0 aliphatic carbocycles. The molecule has 0 bridgehead atoms. The zero-order valence-electron chi connectivity index (χ0n) is 16.7. The minimum atomic E-state index is -0.473. The standard InChI is InChI=1S/C21H20Cl2IN3O3/c1-21(2,3)27(19(28)12-29-15-7-5-14(24)6-8-15)11-18-25-20(26-30-18)16-9-4-13(22)10-17(16)23/h4-10H,11-12H2,1-3H3. The molecule has 0 unspecified atom stereocenters. The van der Waals surface area contributed by atoms with Gasteiger partial charge in [0.2, 0.25) is 11.7 Å². The van der Waals surface area contributed by atoms with Gasteiger partial charge in [-0.3, -0.25) is 4.79 Å². The molecule has 3 aromatic rings. The second-order valence-corrected chi connectivity index (χ2v) is 9.62. The minimum absolute atomic E-state index is 0.0954. The summed E-state index contributed by atoms with van der Waals surface area (Å²) in [4.78, 5) is 18.9. The predicted octanol–water partition coefficient (Wildman–Crippen LogP) is 5.85. The lowest BCUT2D eigenvalue weighted by Gasteiger charge is -2.34.